The summed E-state index contributed by atoms with van der Waals surface area (Å²) >= 11 is 6.16. The minimum absolute atomic E-state index is 0.716. The van der Waals surface area contributed by atoms with Crippen LogP contribution in [0.25, 0.3) is 16.9 Å². The molecule has 1 saturated heterocycles. The van der Waals surface area contributed by atoms with Crippen LogP contribution in [0.1, 0.15) is 35.7 Å². The zero-order valence-electron chi connectivity index (χ0n) is 18.6. The van der Waals surface area contributed by atoms with E-state index in [1.165, 1.54) is 24.1 Å². The van der Waals surface area contributed by atoms with E-state index in [9.17, 15) is 0 Å². The van der Waals surface area contributed by atoms with Crippen molar-refractivity contribution in [1.29, 1.82) is 0 Å². The van der Waals surface area contributed by atoms with Gasteiger partial charge in [-0.2, -0.15) is 0 Å². The van der Waals surface area contributed by atoms with Crippen LogP contribution < -0.4 is 0 Å². The van der Waals surface area contributed by atoms with Gasteiger partial charge in [-0.05, 0) is 42.5 Å². The van der Waals surface area contributed by atoms with E-state index < -0.39 is 0 Å². The molecule has 6 nitrogen and oxygen atoms in total. The number of rotatable bonds is 6. The lowest BCUT2D eigenvalue weighted by Gasteiger charge is -2.34. The van der Waals surface area contributed by atoms with Crippen LogP contribution >= 0.6 is 11.6 Å². The first-order chi connectivity index (χ1) is 16.2. The van der Waals surface area contributed by atoms with Crippen molar-refractivity contribution in [2.75, 3.05) is 26.2 Å². The minimum Gasteiger partial charge on any atom is -0.302 e. The van der Waals surface area contributed by atoms with Crippen molar-refractivity contribution in [3.63, 3.8) is 0 Å². The molecule has 1 aliphatic carbocycles. The highest BCUT2D eigenvalue weighted by molar-refractivity contribution is 6.30. The molecule has 7 heteroatoms. The second-order valence-corrected chi connectivity index (χ2v) is 9.56. The lowest BCUT2D eigenvalue weighted by atomic mass is 10.1. The van der Waals surface area contributed by atoms with Crippen LogP contribution in [0.3, 0.4) is 0 Å². The predicted octanol–water partition coefficient (Wildman–Crippen LogP) is 4.64. The van der Waals surface area contributed by atoms with E-state index in [2.05, 4.69) is 54.6 Å². The molecule has 0 bridgehead atoms. The molecule has 4 aromatic rings. The van der Waals surface area contributed by atoms with E-state index in [-0.39, 0.29) is 0 Å². The van der Waals surface area contributed by atoms with Gasteiger partial charge in [0.05, 0.1) is 17.1 Å². The lowest BCUT2D eigenvalue weighted by Crippen LogP contribution is -2.45. The lowest BCUT2D eigenvalue weighted by molar-refractivity contribution is 0.120. The Balaban J connectivity index is 1.25. The topological polar surface area (TPSA) is 49.6 Å². The van der Waals surface area contributed by atoms with Crippen LogP contribution in [0.15, 0.2) is 61.2 Å². The van der Waals surface area contributed by atoms with E-state index in [1.54, 1.807) is 12.4 Å². The predicted molar refractivity (Wildman–Crippen MR) is 130 cm³/mol. The van der Waals surface area contributed by atoms with Gasteiger partial charge in [-0.25, -0.2) is 4.98 Å². The van der Waals surface area contributed by atoms with E-state index in [0.29, 0.717) is 5.92 Å². The summed E-state index contributed by atoms with van der Waals surface area (Å²) in [6.07, 6.45) is 10.3. The molecular weight excluding hydrogens is 432 g/mol. The van der Waals surface area contributed by atoms with Crippen molar-refractivity contribution in [2.24, 2.45) is 0 Å². The zero-order valence-corrected chi connectivity index (χ0v) is 19.3. The molecule has 0 amide bonds. The number of aromatic nitrogens is 4. The molecule has 1 aromatic carbocycles. The van der Waals surface area contributed by atoms with Gasteiger partial charge in [-0.1, -0.05) is 29.8 Å². The SMILES string of the molecule is Clc1ccc(-c2nc3ccc(C4CC4)cn3c2CN2CCN(Cc3cnccn3)CC2)cc1. The molecule has 1 saturated carbocycles. The molecule has 0 N–H and O–H groups in total. The first kappa shape index (κ1) is 20.8. The maximum Gasteiger partial charge on any atom is 0.137 e. The molecular formula is C26H27ClN6. The van der Waals surface area contributed by atoms with Crippen molar-refractivity contribution in [3.05, 3.63) is 83.2 Å². The summed E-state index contributed by atoms with van der Waals surface area (Å²) in [5.74, 6) is 0.716. The van der Waals surface area contributed by atoms with Crippen molar-refractivity contribution >= 4 is 17.2 Å². The highest BCUT2D eigenvalue weighted by Gasteiger charge is 2.26. The maximum atomic E-state index is 6.16. The van der Waals surface area contributed by atoms with E-state index >= 15 is 0 Å². The Morgan fingerprint density at radius 3 is 2.33 bits per heavy atom. The molecule has 33 heavy (non-hydrogen) atoms. The number of nitrogens with zero attached hydrogens (tertiary/aromatic N) is 6. The second kappa shape index (κ2) is 8.86. The van der Waals surface area contributed by atoms with E-state index in [1.807, 2.05) is 18.3 Å². The van der Waals surface area contributed by atoms with Crippen LogP contribution in [-0.2, 0) is 13.1 Å². The first-order valence-electron chi connectivity index (χ1n) is 11.7. The van der Waals surface area contributed by atoms with Gasteiger partial charge in [0, 0.05) is 74.6 Å². The normalized spacial score (nSPS) is 17.6. The summed E-state index contributed by atoms with van der Waals surface area (Å²) in [6, 6.07) is 12.5. The third-order valence-electron chi connectivity index (χ3n) is 6.75. The van der Waals surface area contributed by atoms with Gasteiger partial charge < -0.3 is 4.40 Å². The first-order valence-corrected chi connectivity index (χ1v) is 12.1. The van der Waals surface area contributed by atoms with Gasteiger partial charge >= 0.3 is 0 Å². The molecule has 3 aromatic heterocycles. The quantitative estimate of drug-likeness (QED) is 0.421. The molecule has 0 unspecified atom stereocenters. The van der Waals surface area contributed by atoms with Gasteiger partial charge in [0.15, 0.2) is 0 Å². The van der Waals surface area contributed by atoms with Crippen LogP contribution in [0, 0.1) is 0 Å². The summed E-state index contributed by atoms with van der Waals surface area (Å²) in [5, 5.41) is 0.749. The third kappa shape index (κ3) is 4.51. The summed E-state index contributed by atoms with van der Waals surface area (Å²) in [7, 11) is 0. The number of halogens is 1. The molecule has 0 spiro atoms. The van der Waals surface area contributed by atoms with Crippen molar-refractivity contribution in [3.8, 4) is 11.3 Å². The Kier molecular flexibility index (Phi) is 5.58. The summed E-state index contributed by atoms with van der Waals surface area (Å²) in [5.41, 5.74) is 6.91. The van der Waals surface area contributed by atoms with Gasteiger partial charge in [-0.15, -0.1) is 0 Å². The molecule has 0 radical (unpaired) electrons. The Labute approximate surface area is 198 Å². The fourth-order valence-electron chi connectivity index (χ4n) is 4.72. The maximum absolute atomic E-state index is 6.16. The van der Waals surface area contributed by atoms with Gasteiger partial charge in [0.1, 0.15) is 5.65 Å². The molecule has 2 aliphatic rings. The van der Waals surface area contributed by atoms with Crippen molar-refractivity contribution < 1.29 is 0 Å². The number of benzene rings is 1. The van der Waals surface area contributed by atoms with E-state index in [4.69, 9.17) is 16.6 Å². The number of pyridine rings is 1. The van der Waals surface area contributed by atoms with Crippen molar-refractivity contribution in [2.45, 2.75) is 31.8 Å². The average molecular weight is 459 g/mol. The summed E-state index contributed by atoms with van der Waals surface area (Å²) in [4.78, 5) is 18.7. The van der Waals surface area contributed by atoms with Crippen LogP contribution in [0.2, 0.25) is 5.02 Å². The number of fused-ring (bicyclic) bond motifs is 1. The highest BCUT2D eigenvalue weighted by atomic mass is 35.5. The Morgan fingerprint density at radius 2 is 1.64 bits per heavy atom. The Hall–Kier alpha value is -2.80. The third-order valence-corrected chi connectivity index (χ3v) is 7.00. The summed E-state index contributed by atoms with van der Waals surface area (Å²) < 4.78 is 2.32. The number of piperazine rings is 1. The van der Waals surface area contributed by atoms with Crippen LogP contribution in [0.4, 0.5) is 0 Å². The number of imidazole rings is 1. The van der Waals surface area contributed by atoms with E-state index in [0.717, 1.165) is 66.9 Å². The van der Waals surface area contributed by atoms with Crippen LogP contribution in [-0.4, -0.2) is 55.3 Å². The van der Waals surface area contributed by atoms with Gasteiger partial charge in [0.2, 0.25) is 0 Å². The molecule has 6 rings (SSSR count). The smallest absolute Gasteiger partial charge is 0.137 e. The second-order valence-electron chi connectivity index (χ2n) is 9.13. The average Bonchev–Trinajstić information content (AvgIpc) is 3.64. The fourth-order valence-corrected chi connectivity index (χ4v) is 4.84. The summed E-state index contributed by atoms with van der Waals surface area (Å²) in [6.45, 7) is 5.84. The highest BCUT2D eigenvalue weighted by Crippen LogP contribution is 2.40. The Morgan fingerprint density at radius 1 is 0.879 bits per heavy atom. The largest absolute Gasteiger partial charge is 0.302 e. The minimum atomic E-state index is 0.716. The Bertz CT molecular complexity index is 1240. The monoisotopic (exact) mass is 458 g/mol. The van der Waals surface area contributed by atoms with Gasteiger partial charge in [0.25, 0.3) is 0 Å². The molecule has 1 aliphatic heterocycles. The fraction of sp³-hybridized carbons (Fsp3) is 0.346. The van der Waals surface area contributed by atoms with Gasteiger partial charge in [-0.3, -0.25) is 19.8 Å². The van der Waals surface area contributed by atoms with Crippen LogP contribution in [0.5, 0.6) is 0 Å². The number of hydrogen-bond acceptors (Lipinski definition) is 5. The standard InChI is InChI=1S/C26H27ClN6/c27-22-6-3-20(4-7-22)26-24(33-16-21(19-1-2-19)5-8-25(33)30-26)18-32-13-11-31(12-14-32)17-23-15-28-9-10-29-23/h3-10,15-16,19H,1-2,11-14,17-18H2. The molecule has 4 heterocycles. The molecule has 2 fully saturated rings. The van der Waals surface area contributed by atoms with Crippen molar-refractivity contribution in [1.82, 2.24) is 29.2 Å². The zero-order chi connectivity index (χ0) is 22.2. The number of hydrogen-bond donors (Lipinski definition) is 0. The molecule has 168 valence electrons. The molecule has 0 atom stereocenters.